The number of aryl methyl sites for hydroxylation is 1. The van der Waals surface area contributed by atoms with Gasteiger partial charge in [0.15, 0.2) is 4.34 Å². The Bertz CT molecular complexity index is 470. The molecular formula is C13H21N3O2S2. The predicted molar refractivity (Wildman–Crippen MR) is 81.3 cm³/mol. The average molecular weight is 315 g/mol. The van der Waals surface area contributed by atoms with Crippen LogP contribution in [0, 0.1) is 12.8 Å². The van der Waals surface area contributed by atoms with Crippen molar-refractivity contribution >= 4 is 29.2 Å². The van der Waals surface area contributed by atoms with Gasteiger partial charge in [-0.2, -0.15) is 0 Å². The second-order valence-electron chi connectivity index (χ2n) is 5.98. The molecule has 5 nitrogen and oxygen atoms in total. The van der Waals surface area contributed by atoms with E-state index in [9.17, 15) is 4.79 Å². The molecule has 1 amide bonds. The molecule has 20 heavy (non-hydrogen) atoms. The van der Waals surface area contributed by atoms with Gasteiger partial charge in [0, 0.05) is 18.8 Å². The lowest BCUT2D eigenvalue weighted by molar-refractivity contribution is 0.0289. The molecule has 1 aromatic heterocycles. The van der Waals surface area contributed by atoms with Gasteiger partial charge in [-0.25, -0.2) is 4.79 Å². The van der Waals surface area contributed by atoms with Gasteiger partial charge < -0.3 is 9.64 Å². The molecule has 0 aromatic carbocycles. The Morgan fingerprint density at radius 3 is 2.85 bits per heavy atom. The highest BCUT2D eigenvalue weighted by Crippen LogP contribution is 2.28. The third-order valence-electron chi connectivity index (χ3n) is 2.89. The van der Waals surface area contributed by atoms with Gasteiger partial charge in [-0.1, -0.05) is 23.1 Å². The highest BCUT2D eigenvalue weighted by molar-refractivity contribution is 8.01. The molecule has 0 aliphatic carbocycles. The number of amides is 1. The van der Waals surface area contributed by atoms with E-state index in [2.05, 4.69) is 10.2 Å². The Labute approximate surface area is 128 Å². The summed E-state index contributed by atoms with van der Waals surface area (Å²) in [5, 5.41) is 9.11. The van der Waals surface area contributed by atoms with E-state index in [1.165, 1.54) is 0 Å². The molecule has 0 radical (unpaired) electrons. The van der Waals surface area contributed by atoms with Crippen LogP contribution in [0.1, 0.15) is 32.2 Å². The fourth-order valence-electron chi connectivity index (χ4n) is 1.99. The van der Waals surface area contributed by atoms with Crippen LogP contribution in [0.4, 0.5) is 4.79 Å². The normalized spacial score (nSPS) is 19.4. The summed E-state index contributed by atoms with van der Waals surface area (Å²) in [5.41, 5.74) is -0.423. The number of rotatable bonds is 3. The van der Waals surface area contributed by atoms with Crippen LogP contribution >= 0.6 is 23.1 Å². The van der Waals surface area contributed by atoms with Crippen LogP contribution in [0.2, 0.25) is 0 Å². The van der Waals surface area contributed by atoms with Crippen molar-refractivity contribution in [3.05, 3.63) is 5.01 Å². The second kappa shape index (κ2) is 6.30. The summed E-state index contributed by atoms with van der Waals surface area (Å²) in [6, 6.07) is 0. The van der Waals surface area contributed by atoms with Crippen molar-refractivity contribution < 1.29 is 9.53 Å². The van der Waals surface area contributed by atoms with Gasteiger partial charge in [-0.05, 0) is 40.0 Å². The molecule has 1 atom stereocenters. The molecule has 1 saturated heterocycles. The zero-order valence-corrected chi connectivity index (χ0v) is 14.0. The fourth-order valence-corrected chi connectivity index (χ4v) is 3.95. The van der Waals surface area contributed by atoms with E-state index < -0.39 is 5.60 Å². The van der Waals surface area contributed by atoms with Crippen molar-refractivity contribution in [2.45, 2.75) is 44.1 Å². The van der Waals surface area contributed by atoms with Crippen LogP contribution < -0.4 is 0 Å². The largest absolute Gasteiger partial charge is 0.444 e. The van der Waals surface area contributed by atoms with Crippen LogP contribution in [0.5, 0.6) is 0 Å². The van der Waals surface area contributed by atoms with Gasteiger partial charge in [-0.15, -0.1) is 10.2 Å². The molecule has 0 bridgehead atoms. The van der Waals surface area contributed by atoms with Crippen molar-refractivity contribution in [1.29, 1.82) is 0 Å². The molecule has 1 fully saturated rings. The van der Waals surface area contributed by atoms with E-state index in [1.807, 2.05) is 32.6 Å². The smallest absolute Gasteiger partial charge is 0.410 e. The van der Waals surface area contributed by atoms with Crippen LogP contribution in [-0.2, 0) is 4.74 Å². The van der Waals surface area contributed by atoms with E-state index in [-0.39, 0.29) is 6.09 Å². The zero-order valence-electron chi connectivity index (χ0n) is 12.4. The van der Waals surface area contributed by atoms with Crippen molar-refractivity contribution in [3.63, 3.8) is 0 Å². The third kappa shape index (κ3) is 4.63. The minimum atomic E-state index is -0.423. The number of ether oxygens (including phenoxy) is 1. The van der Waals surface area contributed by atoms with Gasteiger partial charge in [0.2, 0.25) is 0 Å². The number of likely N-dealkylation sites (tertiary alicyclic amines) is 1. The van der Waals surface area contributed by atoms with E-state index in [1.54, 1.807) is 23.1 Å². The monoisotopic (exact) mass is 315 g/mol. The molecule has 0 saturated carbocycles. The first kappa shape index (κ1) is 15.6. The minimum absolute atomic E-state index is 0.197. The lowest BCUT2D eigenvalue weighted by Gasteiger charge is -2.24. The summed E-state index contributed by atoms with van der Waals surface area (Å²) < 4.78 is 6.41. The van der Waals surface area contributed by atoms with E-state index in [0.29, 0.717) is 5.92 Å². The van der Waals surface area contributed by atoms with Crippen LogP contribution in [0.25, 0.3) is 0 Å². The SMILES string of the molecule is Cc1nnc(SC[C@H]2CCN(C(=O)OC(C)(C)C)C2)s1. The summed E-state index contributed by atoms with van der Waals surface area (Å²) >= 11 is 3.35. The van der Waals surface area contributed by atoms with Gasteiger partial charge in [0.05, 0.1) is 0 Å². The number of aromatic nitrogens is 2. The summed E-state index contributed by atoms with van der Waals surface area (Å²) in [4.78, 5) is 13.8. The van der Waals surface area contributed by atoms with Gasteiger partial charge in [0.1, 0.15) is 10.6 Å². The Morgan fingerprint density at radius 1 is 1.50 bits per heavy atom. The Kier molecular flexibility index (Phi) is 4.90. The number of thioether (sulfide) groups is 1. The maximum Gasteiger partial charge on any atom is 0.410 e. The molecule has 7 heteroatoms. The van der Waals surface area contributed by atoms with Crippen molar-refractivity contribution in [2.75, 3.05) is 18.8 Å². The summed E-state index contributed by atoms with van der Waals surface area (Å²) in [5.74, 6) is 1.49. The fraction of sp³-hybridized carbons (Fsp3) is 0.769. The molecule has 2 rings (SSSR count). The Morgan fingerprint density at radius 2 is 2.25 bits per heavy atom. The van der Waals surface area contributed by atoms with Crippen LogP contribution in [0.15, 0.2) is 4.34 Å². The molecule has 112 valence electrons. The lowest BCUT2D eigenvalue weighted by atomic mass is 10.2. The lowest BCUT2D eigenvalue weighted by Crippen LogP contribution is -2.35. The summed E-state index contributed by atoms with van der Waals surface area (Å²) in [6.45, 7) is 9.21. The number of carbonyl (C=O) groups excluding carboxylic acids is 1. The average Bonchev–Trinajstić information content (AvgIpc) is 2.93. The summed E-state index contributed by atoms with van der Waals surface area (Å²) in [7, 11) is 0. The van der Waals surface area contributed by atoms with Crippen LogP contribution in [0.3, 0.4) is 0 Å². The highest BCUT2D eigenvalue weighted by atomic mass is 32.2. The molecule has 1 aliphatic heterocycles. The topological polar surface area (TPSA) is 55.3 Å². The highest BCUT2D eigenvalue weighted by Gasteiger charge is 2.29. The standard InChI is InChI=1S/C13H21N3O2S2/c1-9-14-15-11(20-9)19-8-10-5-6-16(7-10)12(17)18-13(2,3)4/h10H,5-8H2,1-4H3/t10-/m0/s1. The number of hydrogen-bond donors (Lipinski definition) is 0. The minimum Gasteiger partial charge on any atom is -0.444 e. The molecule has 2 heterocycles. The summed E-state index contributed by atoms with van der Waals surface area (Å²) in [6.07, 6.45) is 0.834. The molecule has 1 aromatic rings. The van der Waals surface area contributed by atoms with Crippen molar-refractivity contribution in [3.8, 4) is 0 Å². The number of carbonyl (C=O) groups is 1. The quantitative estimate of drug-likeness (QED) is 0.802. The van der Waals surface area contributed by atoms with Gasteiger partial charge in [-0.3, -0.25) is 0 Å². The van der Waals surface area contributed by atoms with Gasteiger partial charge >= 0.3 is 6.09 Å². The first-order chi connectivity index (χ1) is 9.33. The third-order valence-corrected chi connectivity index (χ3v) is 5.09. The second-order valence-corrected chi connectivity index (χ2v) is 8.43. The van der Waals surface area contributed by atoms with Gasteiger partial charge in [0.25, 0.3) is 0 Å². The molecule has 1 aliphatic rings. The zero-order chi connectivity index (χ0) is 14.8. The Balaban J connectivity index is 1.76. The number of hydrogen-bond acceptors (Lipinski definition) is 6. The van der Waals surface area contributed by atoms with Crippen molar-refractivity contribution in [1.82, 2.24) is 15.1 Å². The first-order valence-corrected chi connectivity index (χ1v) is 8.54. The first-order valence-electron chi connectivity index (χ1n) is 6.74. The maximum absolute atomic E-state index is 12.0. The van der Waals surface area contributed by atoms with E-state index in [0.717, 1.165) is 34.6 Å². The van der Waals surface area contributed by atoms with Crippen LogP contribution in [-0.4, -0.2) is 45.6 Å². The Hall–Kier alpha value is -0.820. The predicted octanol–water partition coefficient (Wildman–Crippen LogP) is 3.20. The molecule has 0 spiro atoms. The maximum atomic E-state index is 12.0. The number of nitrogens with zero attached hydrogens (tertiary/aromatic N) is 3. The van der Waals surface area contributed by atoms with E-state index >= 15 is 0 Å². The molecular weight excluding hydrogens is 294 g/mol. The molecule has 0 unspecified atom stereocenters. The molecule has 0 N–H and O–H groups in total. The van der Waals surface area contributed by atoms with Crippen molar-refractivity contribution in [2.24, 2.45) is 5.92 Å². The van der Waals surface area contributed by atoms with E-state index in [4.69, 9.17) is 4.74 Å².